The normalized spacial score (nSPS) is 16.4. The van der Waals surface area contributed by atoms with Gasteiger partial charge in [-0.2, -0.15) is 13.2 Å². The fraction of sp³-hybridized carbons (Fsp3) is 0.660. The SMILES string of the molecule is CCC[C@H](NC(=O)[C@@H](NC(=O)[C@@H](Cc1cccc(C(F)(F)F)c1)NC(=O)[C@@H](NC(=O)CNC(=O)CN(C)C(C)=O)C(C)C)[C@@H](C)O)C(=O)N[C@H](C(=O)N[C@@H](CCCN=C(N)N)C(=O)N1CCC[C@H]1C(=O)NCC)[C@@H](C)CC. The van der Waals surface area contributed by atoms with E-state index in [0.717, 1.165) is 30.0 Å². The van der Waals surface area contributed by atoms with E-state index in [1.807, 2.05) is 0 Å². The number of alkyl halides is 3. The Bertz CT molecular complexity index is 2250. The van der Waals surface area contributed by atoms with Gasteiger partial charge in [-0.1, -0.05) is 65.7 Å². The zero-order chi connectivity index (χ0) is 58.3. The summed E-state index contributed by atoms with van der Waals surface area (Å²) in [6.45, 7) is 12.1. The second kappa shape index (κ2) is 31.9. The molecule has 0 unspecified atom stereocenters. The highest BCUT2D eigenvalue weighted by Gasteiger charge is 2.40. The molecule has 2 rings (SSSR count). The molecule has 0 bridgehead atoms. The van der Waals surface area contributed by atoms with Crippen LogP contribution in [0.15, 0.2) is 29.3 Å². The number of aliphatic hydroxyl groups is 1. The van der Waals surface area contributed by atoms with Crippen molar-refractivity contribution in [2.75, 3.05) is 39.8 Å². The lowest BCUT2D eigenvalue weighted by atomic mass is 9.96. The number of nitrogens with zero attached hydrogens (tertiary/aromatic N) is 3. The molecule has 27 heteroatoms. The van der Waals surface area contributed by atoms with E-state index in [9.17, 15) is 66.2 Å². The standard InChI is InChI=1S/C50H80F3N13O11/c1-10-16-33(42(71)63-40(28(6)11-2)46(75)60-34(19-14-21-57-49(54)55)48(77)66-22-15-20-36(66)44(73)56-12-3)59-47(76)41(29(7)67)64-43(72)35(24-31-17-13-18-32(23-31)50(51,52)53)61-45(74)39(27(4)5)62-37(69)25-58-38(70)26-65(9)30(8)68/h13,17-18,23,27-29,33-36,39-41,67H,10-12,14-16,19-22,24-26H2,1-9H3,(H,56,73)(H,58,70)(H,59,76)(H,60,75)(H,61,74)(H,62,69)(H,63,71)(H,64,72)(H4,54,55,57)/t28-,29+,33-,34-,35+,36-,39-,40-,41-/m0/s1. The van der Waals surface area contributed by atoms with Crippen LogP contribution in [-0.4, -0.2) is 168 Å². The molecule has 1 heterocycles. The lowest BCUT2D eigenvalue weighted by Crippen LogP contribution is -2.62. The van der Waals surface area contributed by atoms with Crippen LogP contribution in [0.2, 0.25) is 0 Å². The van der Waals surface area contributed by atoms with Gasteiger partial charge in [0, 0.05) is 40.0 Å². The monoisotopic (exact) mass is 1100 g/mol. The number of hydrogen-bond donors (Lipinski definition) is 11. The molecule has 10 amide bonds. The van der Waals surface area contributed by atoms with Gasteiger partial charge in [0.1, 0.15) is 42.3 Å². The van der Waals surface area contributed by atoms with E-state index in [0.29, 0.717) is 32.2 Å². The molecule has 1 aliphatic rings. The summed E-state index contributed by atoms with van der Waals surface area (Å²) in [5.41, 5.74) is 9.83. The molecule has 13 N–H and O–H groups in total. The number of likely N-dealkylation sites (tertiary alicyclic amines) is 1. The second-order valence-corrected chi connectivity index (χ2v) is 19.4. The fourth-order valence-electron chi connectivity index (χ4n) is 8.15. The van der Waals surface area contributed by atoms with Crippen molar-refractivity contribution in [2.24, 2.45) is 28.3 Å². The van der Waals surface area contributed by atoms with Crippen LogP contribution in [0.25, 0.3) is 0 Å². The van der Waals surface area contributed by atoms with Crippen molar-refractivity contribution in [1.82, 2.24) is 52.3 Å². The van der Waals surface area contributed by atoms with Crippen molar-refractivity contribution in [3.8, 4) is 0 Å². The summed E-state index contributed by atoms with van der Waals surface area (Å²) in [4.78, 5) is 141. The Morgan fingerprint density at radius 3 is 1.95 bits per heavy atom. The quantitative estimate of drug-likeness (QED) is 0.0246. The molecule has 77 heavy (non-hydrogen) atoms. The Kier molecular flexibility index (Phi) is 27.3. The Morgan fingerprint density at radius 2 is 1.38 bits per heavy atom. The molecule has 24 nitrogen and oxygen atoms in total. The van der Waals surface area contributed by atoms with Gasteiger partial charge in [0.15, 0.2) is 5.96 Å². The number of carbonyl (C=O) groups excluding carboxylic acids is 10. The minimum atomic E-state index is -4.79. The molecular formula is C50H80F3N13O11. The van der Waals surface area contributed by atoms with Gasteiger partial charge < -0.3 is 68.9 Å². The topological polar surface area (TPSA) is 358 Å². The third-order valence-corrected chi connectivity index (χ3v) is 12.8. The number of aliphatic imine (C=N–C) groups is 1. The van der Waals surface area contributed by atoms with E-state index in [1.165, 1.54) is 24.9 Å². The summed E-state index contributed by atoms with van der Waals surface area (Å²) in [7, 11) is 1.37. The van der Waals surface area contributed by atoms with Gasteiger partial charge in [-0.25, -0.2) is 0 Å². The predicted octanol–water partition coefficient (Wildman–Crippen LogP) is -1.19. The Morgan fingerprint density at radius 1 is 0.779 bits per heavy atom. The van der Waals surface area contributed by atoms with Gasteiger partial charge in [-0.15, -0.1) is 0 Å². The fourth-order valence-corrected chi connectivity index (χ4v) is 8.15. The smallest absolute Gasteiger partial charge is 0.391 e. The Balaban J connectivity index is 2.43. The maximum absolute atomic E-state index is 14.2. The number of rotatable bonds is 30. The zero-order valence-electron chi connectivity index (χ0n) is 45.4. The highest BCUT2D eigenvalue weighted by atomic mass is 19.4. The first kappa shape index (κ1) is 66.1. The van der Waals surface area contributed by atoms with Crippen LogP contribution in [0.3, 0.4) is 0 Å². The van der Waals surface area contributed by atoms with Crippen molar-refractivity contribution in [3.63, 3.8) is 0 Å². The average Bonchev–Trinajstić information content (AvgIpc) is 3.86. The van der Waals surface area contributed by atoms with E-state index in [4.69, 9.17) is 11.5 Å². The van der Waals surface area contributed by atoms with E-state index >= 15 is 0 Å². The van der Waals surface area contributed by atoms with Gasteiger partial charge in [0.25, 0.3) is 0 Å². The largest absolute Gasteiger partial charge is 0.416 e. The number of aliphatic hydroxyl groups excluding tert-OH is 1. The summed E-state index contributed by atoms with van der Waals surface area (Å²) in [5.74, 6) is -9.03. The van der Waals surface area contributed by atoms with Crippen molar-refractivity contribution >= 4 is 65.0 Å². The summed E-state index contributed by atoms with van der Waals surface area (Å²) < 4.78 is 41.4. The van der Waals surface area contributed by atoms with E-state index in [-0.39, 0.29) is 56.3 Å². The van der Waals surface area contributed by atoms with E-state index in [2.05, 4.69) is 47.5 Å². The second-order valence-electron chi connectivity index (χ2n) is 19.4. The molecule has 1 saturated heterocycles. The summed E-state index contributed by atoms with van der Waals surface area (Å²) in [6, 6.07) is -5.69. The minimum absolute atomic E-state index is 0.0232. The highest BCUT2D eigenvalue weighted by Crippen LogP contribution is 2.30. The molecule has 1 fully saturated rings. The maximum Gasteiger partial charge on any atom is 0.416 e. The first-order valence-electron chi connectivity index (χ1n) is 25.8. The maximum atomic E-state index is 14.2. The number of amides is 10. The molecule has 0 radical (unpaired) electrons. The molecular weight excluding hydrogens is 1020 g/mol. The molecule has 0 aromatic heterocycles. The molecule has 1 aliphatic heterocycles. The van der Waals surface area contributed by atoms with Gasteiger partial charge >= 0.3 is 6.18 Å². The van der Waals surface area contributed by atoms with Crippen molar-refractivity contribution in [2.45, 2.75) is 161 Å². The first-order chi connectivity index (χ1) is 36.1. The van der Waals surface area contributed by atoms with Crippen LogP contribution in [0.1, 0.15) is 111 Å². The van der Waals surface area contributed by atoms with E-state index < -0.39 is 138 Å². The first-order valence-corrected chi connectivity index (χ1v) is 25.8. The van der Waals surface area contributed by atoms with Gasteiger partial charge in [-0.3, -0.25) is 52.9 Å². The Hall–Kier alpha value is -7.06. The van der Waals surface area contributed by atoms with Gasteiger partial charge in [-0.05, 0) is 69.4 Å². The lowest BCUT2D eigenvalue weighted by Gasteiger charge is -2.31. The van der Waals surface area contributed by atoms with E-state index in [1.54, 1.807) is 41.5 Å². The molecule has 0 aliphatic carbocycles. The molecule has 1 aromatic rings. The van der Waals surface area contributed by atoms with Crippen molar-refractivity contribution < 1.29 is 66.2 Å². The summed E-state index contributed by atoms with van der Waals surface area (Å²) in [5, 5.41) is 31.2. The van der Waals surface area contributed by atoms with Crippen LogP contribution in [0, 0.1) is 11.8 Å². The molecule has 432 valence electrons. The number of likely N-dealkylation sites (N-methyl/N-ethyl adjacent to an activating group) is 2. The third-order valence-electron chi connectivity index (χ3n) is 12.8. The Labute approximate surface area is 447 Å². The lowest BCUT2D eigenvalue weighted by molar-refractivity contribution is -0.142. The predicted molar refractivity (Wildman–Crippen MR) is 277 cm³/mol. The molecule has 0 saturated carbocycles. The summed E-state index contributed by atoms with van der Waals surface area (Å²) >= 11 is 0. The number of benzene rings is 1. The number of halogens is 3. The zero-order valence-corrected chi connectivity index (χ0v) is 45.4. The van der Waals surface area contributed by atoms with Crippen LogP contribution >= 0.6 is 0 Å². The number of nitrogens with two attached hydrogens (primary N) is 2. The average molecular weight is 1100 g/mol. The van der Waals surface area contributed by atoms with Crippen LogP contribution in [0.5, 0.6) is 0 Å². The van der Waals surface area contributed by atoms with Crippen molar-refractivity contribution in [3.05, 3.63) is 35.4 Å². The van der Waals surface area contributed by atoms with Crippen molar-refractivity contribution in [1.29, 1.82) is 0 Å². The molecule has 1 aromatic carbocycles. The number of nitrogens with one attached hydrogen (secondary N) is 8. The third kappa shape index (κ3) is 21.8. The number of guanidine groups is 1. The molecule has 0 spiro atoms. The van der Waals surface area contributed by atoms with Crippen LogP contribution in [-0.2, 0) is 60.5 Å². The summed E-state index contributed by atoms with van der Waals surface area (Å²) in [6.07, 6.45) is -5.18. The van der Waals surface area contributed by atoms with Crippen LogP contribution < -0.4 is 54.0 Å². The number of carbonyl (C=O) groups is 10. The number of hydrogen-bond acceptors (Lipinski definition) is 12. The highest BCUT2D eigenvalue weighted by molar-refractivity contribution is 5.98. The van der Waals surface area contributed by atoms with Crippen LogP contribution in [0.4, 0.5) is 13.2 Å². The minimum Gasteiger partial charge on any atom is -0.391 e. The van der Waals surface area contributed by atoms with Gasteiger partial charge in [0.2, 0.25) is 59.1 Å². The van der Waals surface area contributed by atoms with Gasteiger partial charge in [0.05, 0.1) is 24.8 Å². The molecule has 9 atom stereocenters.